The molecule has 13 heavy (non-hydrogen) atoms. The molecule has 0 aromatic carbocycles. The molecule has 2 atom stereocenters. The first-order valence-corrected chi connectivity index (χ1v) is 5.52. The van der Waals surface area contributed by atoms with Crippen molar-refractivity contribution in [3.05, 3.63) is 0 Å². The number of ether oxygens (including phenoxy) is 1. The molecular formula is C11H21NO. The highest BCUT2D eigenvalue weighted by Gasteiger charge is 2.42. The molecule has 1 heterocycles. The fraction of sp³-hybridized carbons (Fsp3) is 1.00. The molecule has 76 valence electrons. The van der Waals surface area contributed by atoms with Crippen LogP contribution in [-0.2, 0) is 4.74 Å². The summed E-state index contributed by atoms with van der Waals surface area (Å²) < 4.78 is 5.35. The van der Waals surface area contributed by atoms with Crippen LogP contribution in [0.3, 0.4) is 0 Å². The number of hydrogen-bond acceptors (Lipinski definition) is 2. The summed E-state index contributed by atoms with van der Waals surface area (Å²) in [6, 6.07) is 0.688. The maximum atomic E-state index is 5.35. The van der Waals surface area contributed by atoms with Crippen molar-refractivity contribution in [3.8, 4) is 0 Å². The van der Waals surface area contributed by atoms with Crippen LogP contribution >= 0.6 is 0 Å². The van der Waals surface area contributed by atoms with Crippen molar-refractivity contribution in [1.82, 2.24) is 5.32 Å². The Balaban J connectivity index is 1.66. The zero-order valence-electron chi connectivity index (χ0n) is 8.81. The zero-order valence-corrected chi connectivity index (χ0v) is 8.81. The summed E-state index contributed by atoms with van der Waals surface area (Å²) in [5.74, 6) is 0.768. The molecule has 1 N–H and O–H groups in total. The lowest BCUT2D eigenvalue weighted by Gasteiger charge is -2.22. The Morgan fingerprint density at radius 2 is 2.31 bits per heavy atom. The summed E-state index contributed by atoms with van der Waals surface area (Å²) in [6.45, 7) is 7.80. The molecule has 1 aliphatic heterocycles. The Morgan fingerprint density at radius 1 is 1.54 bits per heavy atom. The highest BCUT2D eigenvalue weighted by molar-refractivity contribution is 4.96. The van der Waals surface area contributed by atoms with Gasteiger partial charge < -0.3 is 10.1 Å². The van der Waals surface area contributed by atoms with E-state index in [1.165, 1.54) is 19.3 Å². The summed E-state index contributed by atoms with van der Waals surface area (Å²) in [5, 5.41) is 3.65. The Bertz CT molecular complexity index is 171. The van der Waals surface area contributed by atoms with Crippen LogP contribution in [-0.4, -0.2) is 25.8 Å². The predicted octanol–water partition coefficient (Wildman–Crippen LogP) is 1.80. The average molecular weight is 183 g/mol. The smallest absolute Gasteiger partial charge is 0.0507 e. The largest absolute Gasteiger partial charge is 0.381 e. The molecule has 2 unspecified atom stereocenters. The second-order valence-electron chi connectivity index (χ2n) is 5.01. The Kier molecular flexibility index (Phi) is 2.61. The van der Waals surface area contributed by atoms with Crippen LogP contribution in [0.1, 0.15) is 33.1 Å². The second-order valence-corrected chi connectivity index (χ2v) is 5.01. The first-order chi connectivity index (χ1) is 6.21. The Labute approximate surface area is 81.0 Å². The molecule has 1 aliphatic carbocycles. The third-order valence-electron chi connectivity index (χ3n) is 3.82. The Hall–Kier alpha value is -0.0800. The molecule has 0 spiro atoms. The molecule has 2 heteroatoms. The van der Waals surface area contributed by atoms with Gasteiger partial charge in [0.15, 0.2) is 0 Å². The molecule has 0 radical (unpaired) electrons. The summed E-state index contributed by atoms with van der Waals surface area (Å²) in [7, 11) is 0. The molecule has 0 aromatic rings. The van der Waals surface area contributed by atoms with Crippen molar-refractivity contribution in [2.45, 2.75) is 39.2 Å². The van der Waals surface area contributed by atoms with Gasteiger partial charge in [-0.2, -0.15) is 0 Å². The van der Waals surface area contributed by atoms with E-state index >= 15 is 0 Å². The van der Waals surface area contributed by atoms with Crippen LogP contribution in [0.25, 0.3) is 0 Å². The monoisotopic (exact) mass is 183 g/mol. The van der Waals surface area contributed by atoms with Crippen LogP contribution in [0, 0.1) is 11.3 Å². The maximum Gasteiger partial charge on any atom is 0.0507 e. The van der Waals surface area contributed by atoms with Crippen LogP contribution in [0.5, 0.6) is 0 Å². The van der Waals surface area contributed by atoms with Gasteiger partial charge in [0, 0.05) is 19.2 Å². The third kappa shape index (κ3) is 2.23. The van der Waals surface area contributed by atoms with Gasteiger partial charge in [0.2, 0.25) is 0 Å². The van der Waals surface area contributed by atoms with Crippen molar-refractivity contribution in [2.24, 2.45) is 11.3 Å². The summed E-state index contributed by atoms with van der Waals surface area (Å²) in [6.07, 6.45) is 4.06. The van der Waals surface area contributed by atoms with Gasteiger partial charge in [-0.05, 0) is 37.5 Å². The van der Waals surface area contributed by atoms with Gasteiger partial charge in [0.1, 0.15) is 0 Å². The quantitative estimate of drug-likeness (QED) is 0.717. The molecule has 2 fully saturated rings. The molecule has 0 amide bonds. The first-order valence-electron chi connectivity index (χ1n) is 5.52. The predicted molar refractivity (Wildman–Crippen MR) is 53.7 cm³/mol. The fourth-order valence-electron chi connectivity index (χ4n) is 1.96. The first kappa shape index (κ1) is 9.47. The normalized spacial score (nSPS) is 33.2. The SMILES string of the molecule is CC(NCC1CCOC1)C1(C)CC1. The lowest BCUT2D eigenvalue weighted by atomic mass is 10.00. The minimum absolute atomic E-state index is 0.611. The topological polar surface area (TPSA) is 21.3 Å². The molecular weight excluding hydrogens is 162 g/mol. The van der Waals surface area contributed by atoms with Crippen LogP contribution in [0.15, 0.2) is 0 Å². The molecule has 0 bridgehead atoms. The number of rotatable bonds is 4. The van der Waals surface area contributed by atoms with Gasteiger partial charge >= 0.3 is 0 Å². The van der Waals surface area contributed by atoms with Gasteiger partial charge in [0.25, 0.3) is 0 Å². The minimum Gasteiger partial charge on any atom is -0.381 e. The van der Waals surface area contributed by atoms with E-state index in [-0.39, 0.29) is 0 Å². The van der Waals surface area contributed by atoms with Gasteiger partial charge in [-0.3, -0.25) is 0 Å². The van der Waals surface area contributed by atoms with E-state index in [4.69, 9.17) is 4.74 Å². The summed E-state index contributed by atoms with van der Waals surface area (Å²) in [4.78, 5) is 0. The molecule has 2 rings (SSSR count). The lowest BCUT2D eigenvalue weighted by Crippen LogP contribution is -2.36. The van der Waals surface area contributed by atoms with E-state index in [0.717, 1.165) is 25.7 Å². The number of nitrogens with one attached hydrogen (secondary N) is 1. The van der Waals surface area contributed by atoms with Gasteiger partial charge in [0.05, 0.1) is 6.61 Å². The second kappa shape index (κ2) is 3.58. The maximum absolute atomic E-state index is 5.35. The van der Waals surface area contributed by atoms with E-state index in [1.807, 2.05) is 0 Å². The highest BCUT2D eigenvalue weighted by atomic mass is 16.5. The van der Waals surface area contributed by atoms with Gasteiger partial charge in [-0.15, -0.1) is 0 Å². The van der Waals surface area contributed by atoms with Gasteiger partial charge in [-0.25, -0.2) is 0 Å². The van der Waals surface area contributed by atoms with Crippen molar-refractivity contribution in [2.75, 3.05) is 19.8 Å². The van der Waals surface area contributed by atoms with Crippen molar-refractivity contribution >= 4 is 0 Å². The van der Waals surface area contributed by atoms with Crippen molar-refractivity contribution in [1.29, 1.82) is 0 Å². The Morgan fingerprint density at radius 3 is 2.85 bits per heavy atom. The van der Waals surface area contributed by atoms with E-state index in [2.05, 4.69) is 19.2 Å². The fourth-order valence-corrected chi connectivity index (χ4v) is 1.96. The summed E-state index contributed by atoms with van der Waals surface area (Å²) in [5.41, 5.74) is 0.611. The molecule has 2 aliphatic rings. The lowest BCUT2D eigenvalue weighted by molar-refractivity contribution is 0.183. The third-order valence-corrected chi connectivity index (χ3v) is 3.82. The average Bonchev–Trinajstić information content (AvgIpc) is 2.70. The molecule has 1 saturated carbocycles. The van der Waals surface area contributed by atoms with E-state index in [9.17, 15) is 0 Å². The van der Waals surface area contributed by atoms with E-state index in [1.54, 1.807) is 0 Å². The standard InChI is InChI=1S/C11H21NO/c1-9(11(2)4-5-11)12-7-10-3-6-13-8-10/h9-10,12H,3-8H2,1-2H3. The van der Waals surface area contributed by atoms with E-state index < -0.39 is 0 Å². The van der Waals surface area contributed by atoms with Crippen molar-refractivity contribution in [3.63, 3.8) is 0 Å². The van der Waals surface area contributed by atoms with E-state index in [0.29, 0.717) is 11.5 Å². The van der Waals surface area contributed by atoms with Crippen LogP contribution < -0.4 is 5.32 Å². The minimum atomic E-state index is 0.611. The molecule has 1 saturated heterocycles. The zero-order chi connectivity index (χ0) is 9.31. The van der Waals surface area contributed by atoms with Crippen LogP contribution in [0.2, 0.25) is 0 Å². The van der Waals surface area contributed by atoms with Gasteiger partial charge in [-0.1, -0.05) is 6.92 Å². The molecule has 0 aromatic heterocycles. The highest BCUT2D eigenvalue weighted by Crippen LogP contribution is 2.47. The number of hydrogen-bond donors (Lipinski definition) is 1. The van der Waals surface area contributed by atoms with Crippen LogP contribution in [0.4, 0.5) is 0 Å². The van der Waals surface area contributed by atoms with Crippen molar-refractivity contribution < 1.29 is 4.74 Å². The summed E-state index contributed by atoms with van der Waals surface area (Å²) >= 11 is 0. The molecule has 2 nitrogen and oxygen atoms in total.